The summed E-state index contributed by atoms with van der Waals surface area (Å²) in [5, 5.41) is 5.51. The second-order valence-corrected chi connectivity index (χ2v) is 12.4. The number of hydrogen-bond acceptors (Lipinski definition) is 0. The molecule has 0 bridgehead atoms. The van der Waals surface area contributed by atoms with E-state index in [9.17, 15) is 0 Å². The van der Waals surface area contributed by atoms with Crippen molar-refractivity contribution in [3.05, 3.63) is 146 Å². The molecule has 0 spiro atoms. The minimum absolute atomic E-state index is 0. The summed E-state index contributed by atoms with van der Waals surface area (Å²) >= 11 is 1.36. The molecule has 0 atom stereocenters. The summed E-state index contributed by atoms with van der Waals surface area (Å²) in [6, 6.07) is 40.4. The fourth-order valence-corrected chi connectivity index (χ4v) is 6.67. The Morgan fingerprint density at radius 1 is 0.667 bits per heavy atom. The van der Waals surface area contributed by atoms with E-state index in [2.05, 4.69) is 144 Å². The molecule has 0 nitrogen and oxygen atoms in total. The van der Waals surface area contributed by atoms with Crippen LogP contribution in [0, 0.1) is 28.7 Å². The van der Waals surface area contributed by atoms with Gasteiger partial charge >= 0.3 is 30.2 Å². The van der Waals surface area contributed by atoms with Crippen LogP contribution in [0.2, 0.25) is 0 Å². The van der Waals surface area contributed by atoms with Gasteiger partial charge in [0.05, 0.1) is 0 Å². The van der Waals surface area contributed by atoms with E-state index in [1.165, 1.54) is 121 Å². The molecule has 6 aromatic carbocycles. The summed E-state index contributed by atoms with van der Waals surface area (Å²) in [4.78, 5) is 0. The van der Waals surface area contributed by atoms with Gasteiger partial charge in [0.2, 0.25) is 0 Å². The van der Waals surface area contributed by atoms with Crippen LogP contribution >= 0.6 is 0 Å². The Labute approximate surface area is 290 Å². The third-order valence-electron chi connectivity index (χ3n) is 9.07. The molecular weight excluding hydrogens is 636 g/mol. The van der Waals surface area contributed by atoms with Crippen LogP contribution in [0.3, 0.4) is 0 Å². The number of hydrogen-bond donors (Lipinski definition) is 0. The van der Waals surface area contributed by atoms with Crippen molar-refractivity contribution in [1.29, 1.82) is 0 Å². The van der Waals surface area contributed by atoms with Crippen molar-refractivity contribution in [2.45, 2.75) is 71.6 Å². The molecule has 0 saturated heterocycles. The van der Waals surface area contributed by atoms with Crippen LogP contribution in [0.25, 0.3) is 43.8 Å². The molecule has 0 aliphatic heterocycles. The third-order valence-corrected chi connectivity index (χ3v) is 9.07. The predicted molar refractivity (Wildman–Crippen MR) is 198 cm³/mol. The molecule has 0 amide bonds. The third kappa shape index (κ3) is 8.52. The maximum atomic E-state index is 3.06. The second-order valence-electron chi connectivity index (χ2n) is 12.4. The van der Waals surface area contributed by atoms with Gasteiger partial charge in [-0.3, -0.25) is 0 Å². The molecule has 6 aromatic rings. The maximum absolute atomic E-state index is 3.06. The van der Waals surface area contributed by atoms with E-state index in [-0.39, 0.29) is 14.9 Å². The first-order valence-corrected chi connectivity index (χ1v) is 19.9. The van der Waals surface area contributed by atoms with Gasteiger partial charge in [0.15, 0.2) is 0 Å². The van der Waals surface area contributed by atoms with Crippen LogP contribution in [0.1, 0.15) is 80.0 Å². The van der Waals surface area contributed by atoms with Crippen LogP contribution in [-0.2, 0) is 23.3 Å². The van der Waals surface area contributed by atoms with E-state index >= 15 is 0 Å². The average Bonchev–Trinajstić information content (AvgIpc) is 3.68. The molecule has 232 valence electrons. The normalized spacial score (nSPS) is 12.8. The van der Waals surface area contributed by atoms with Gasteiger partial charge in [0.1, 0.15) is 0 Å². The standard InChI is InChI=1S/C24H27.C17H15.2CH3.Si.Zr/c1-17(2)22-15-21-9-6-10-23(24(21)16-22)20-13-11-19(12-14-20)18-7-4-3-5-8-18;1-12-10-16-13(2)8-9-15(17(16)11-12)14-6-4-3-5-7-14;;;;/h6,9-18H,3-5,7-8H2,1-2H3;3-11H,1-2H3;2*1H3;;/q4*-1;;. The molecule has 45 heavy (non-hydrogen) atoms. The average molecular weight is 684 g/mol. The Bertz CT molecular complexity index is 1760. The number of aryl methyl sites for hydroxylation is 2. The molecule has 0 heterocycles. The monoisotopic (exact) mass is 682 g/mol. The van der Waals surface area contributed by atoms with Gasteiger partial charge in [-0.1, -0.05) is 125 Å². The molecule has 1 saturated carbocycles. The summed E-state index contributed by atoms with van der Waals surface area (Å²) in [6.07, 6.45) is 6.96. The second kappa shape index (κ2) is 17.2. The fraction of sp³-hybridized carbons (Fsp3) is 0.256. The van der Waals surface area contributed by atoms with Crippen molar-refractivity contribution in [2.24, 2.45) is 0 Å². The number of benzene rings is 4. The summed E-state index contributed by atoms with van der Waals surface area (Å²) in [6.45, 7) is 11.9. The fourth-order valence-electron chi connectivity index (χ4n) is 6.67. The molecule has 0 unspecified atom stereocenters. The van der Waals surface area contributed by atoms with Crippen LogP contribution < -0.4 is 0 Å². The van der Waals surface area contributed by atoms with E-state index in [1.54, 1.807) is 0 Å². The Morgan fingerprint density at radius 3 is 1.98 bits per heavy atom. The molecule has 2 heteroatoms. The van der Waals surface area contributed by atoms with E-state index in [0.717, 1.165) is 5.92 Å². The Morgan fingerprint density at radius 2 is 1.31 bits per heavy atom. The molecule has 1 aliphatic carbocycles. The Hall–Kier alpha value is -2.80. The first-order valence-electron chi connectivity index (χ1n) is 15.7. The summed E-state index contributed by atoms with van der Waals surface area (Å²) < 4.78 is 0. The first-order chi connectivity index (χ1) is 21.0. The van der Waals surface area contributed by atoms with Crippen LogP contribution in [0.5, 0.6) is 0 Å². The molecule has 0 aromatic heterocycles. The van der Waals surface area contributed by atoms with Gasteiger partial charge in [0.25, 0.3) is 0 Å². The molecule has 0 N–H and O–H groups in total. The molecule has 1 aliphatic rings. The molecule has 1 fully saturated rings. The van der Waals surface area contributed by atoms with Crippen molar-refractivity contribution in [3.63, 3.8) is 0 Å². The van der Waals surface area contributed by atoms with Crippen LogP contribution in [0.15, 0.2) is 109 Å². The van der Waals surface area contributed by atoms with E-state index in [4.69, 9.17) is 0 Å². The molecule has 2 radical (unpaired) electrons. The zero-order valence-corrected chi connectivity index (χ0v) is 31.5. The summed E-state index contributed by atoms with van der Waals surface area (Å²) in [5.74, 6) is 1.37. The van der Waals surface area contributed by atoms with E-state index in [1.807, 2.05) is 0 Å². The minimum atomic E-state index is 0. The van der Waals surface area contributed by atoms with Crippen molar-refractivity contribution < 1.29 is 23.3 Å². The zero-order chi connectivity index (χ0) is 30.3. The first kappa shape index (κ1) is 36.7. The van der Waals surface area contributed by atoms with Gasteiger partial charge in [-0.2, -0.15) is 12.1 Å². The van der Waals surface area contributed by atoms with E-state index in [0.29, 0.717) is 5.92 Å². The Balaban J connectivity index is 0.000000234. The topological polar surface area (TPSA) is 0 Å². The Kier molecular flexibility index (Phi) is 14.0. The van der Waals surface area contributed by atoms with Crippen molar-refractivity contribution in [1.82, 2.24) is 0 Å². The van der Waals surface area contributed by atoms with Crippen LogP contribution in [0.4, 0.5) is 0 Å². The van der Waals surface area contributed by atoms with Crippen LogP contribution in [-0.4, -0.2) is 6.88 Å². The number of rotatable bonds is 4. The molecule has 7 rings (SSSR count). The molecular formula is C43H48SiZr-4. The van der Waals surface area contributed by atoms with Gasteiger partial charge in [-0.25, -0.2) is 0 Å². The van der Waals surface area contributed by atoms with Gasteiger partial charge in [0, 0.05) is 0 Å². The van der Waals surface area contributed by atoms with E-state index < -0.39 is 0 Å². The summed E-state index contributed by atoms with van der Waals surface area (Å²) in [5.41, 5.74) is 11.0. The SMILES string of the molecule is CC(C)c1cc2c(-c3ccc(C4CCCCC4)cc3)cccc2[cH-]1.Cc1cc2c(-c3ccccc3)ccc(C)c2[cH-]1.[CH3-].[CH3-].[Si]=[Zr]. The summed E-state index contributed by atoms with van der Waals surface area (Å²) in [7, 11) is 0. The number of fused-ring (bicyclic) bond motifs is 2. The van der Waals surface area contributed by atoms with Crippen molar-refractivity contribution in [2.75, 3.05) is 0 Å². The quantitative estimate of drug-likeness (QED) is 0.128. The van der Waals surface area contributed by atoms with Gasteiger partial charge in [-0.15, -0.1) is 68.6 Å². The van der Waals surface area contributed by atoms with Crippen molar-refractivity contribution >= 4 is 28.4 Å². The zero-order valence-electron chi connectivity index (χ0n) is 28.1. The van der Waals surface area contributed by atoms with Gasteiger partial charge < -0.3 is 14.9 Å². The van der Waals surface area contributed by atoms with Gasteiger partial charge in [-0.05, 0) is 41.4 Å². The van der Waals surface area contributed by atoms with Crippen molar-refractivity contribution in [3.8, 4) is 22.3 Å². The predicted octanol–water partition coefficient (Wildman–Crippen LogP) is 12.8.